The topological polar surface area (TPSA) is 63.1 Å². The highest BCUT2D eigenvalue weighted by molar-refractivity contribution is 9.10. The van der Waals surface area contributed by atoms with Crippen molar-refractivity contribution in [3.63, 3.8) is 0 Å². The fourth-order valence-electron chi connectivity index (χ4n) is 2.68. The summed E-state index contributed by atoms with van der Waals surface area (Å²) in [6.07, 6.45) is 0. The molecule has 0 atom stereocenters. The van der Waals surface area contributed by atoms with Crippen molar-refractivity contribution in [3.05, 3.63) is 62.4 Å². The molecule has 24 heavy (non-hydrogen) atoms. The maximum Gasteiger partial charge on any atom is 0.259 e. The van der Waals surface area contributed by atoms with Gasteiger partial charge in [-0.25, -0.2) is 0 Å². The van der Waals surface area contributed by atoms with E-state index in [4.69, 9.17) is 0 Å². The van der Waals surface area contributed by atoms with Crippen LogP contribution in [-0.2, 0) is 0 Å². The van der Waals surface area contributed by atoms with E-state index < -0.39 is 0 Å². The molecule has 2 aromatic carbocycles. The Balaban J connectivity index is 1.91. The van der Waals surface area contributed by atoms with Crippen LogP contribution in [0.1, 0.15) is 11.1 Å². The Morgan fingerprint density at radius 2 is 2.00 bits per heavy atom. The van der Waals surface area contributed by atoms with Gasteiger partial charge in [-0.15, -0.1) is 5.10 Å². The van der Waals surface area contributed by atoms with Crippen LogP contribution in [0.4, 0.5) is 0 Å². The molecule has 0 unspecified atom stereocenters. The van der Waals surface area contributed by atoms with Crippen molar-refractivity contribution in [1.29, 1.82) is 0 Å². The van der Waals surface area contributed by atoms with Gasteiger partial charge in [-0.2, -0.15) is 4.52 Å². The minimum absolute atomic E-state index is 0.144. The highest BCUT2D eigenvalue weighted by atomic mass is 79.9. The summed E-state index contributed by atoms with van der Waals surface area (Å²) >= 11 is 4.94. The maximum absolute atomic E-state index is 12.4. The van der Waals surface area contributed by atoms with Crippen molar-refractivity contribution in [2.45, 2.75) is 23.8 Å². The molecule has 4 rings (SSSR count). The molecule has 7 heteroatoms. The fourth-order valence-corrected chi connectivity index (χ4v) is 3.90. The average molecular weight is 401 g/mol. The van der Waals surface area contributed by atoms with E-state index >= 15 is 0 Å². The van der Waals surface area contributed by atoms with Gasteiger partial charge in [-0.1, -0.05) is 50.6 Å². The van der Waals surface area contributed by atoms with E-state index in [0.717, 1.165) is 14.9 Å². The van der Waals surface area contributed by atoms with Gasteiger partial charge in [-0.3, -0.25) is 4.79 Å². The molecule has 0 saturated heterocycles. The molecule has 0 aliphatic rings. The number of benzene rings is 2. The number of aromatic nitrogens is 4. The first kappa shape index (κ1) is 15.4. The van der Waals surface area contributed by atoms with Gasteiger partial charge >= 0.3 is 0 Å². The summed E-state index contributed by atoms with van der Waals surface area (Å²) in [5.41, 5.74) is 3.58. The third-order valence-electron chi connectivity index (χ3n) is 3.84. The van der Waals surface area contributed by atoms with Gasteiger partial charge in [0.25, 0.3) is 5.56 Å². The highest BCUT2D eigenvalue weighted by Gasteiger charge is 2.14. The molecule has 120 valence electrons. The van der Waals surface area contributed by atoms with Gasteiger partial charge in [0, 0.05) is 9.37 Å². The van der Waals surface area contributed by atoms with Gasteiger partial charge in [0.15, 0.2) is 10.7 Å². The molecule has 0 saturated carbocycles. The third kappa shape index (κ3) is 2.53. The van der Waals surface area contributed by atoms with Crippen LogP contribution >= 0.6 is 27.7 Å². The van der Waals surface area contributed by atoms with Crippen LogP contribution in [0.15, 0.2) is 55.6 Å². The Morgan fingerprint density at radius 3 is 2.79 bits per heavy atom. The smallest absolute Gasteiger partial charge is 0.259 e. The van der Waals surface area contributed by atoms with E-state index in [2.05, 4.69) is 63.3 Å². The number of nitrogens with zero attached hydrogens (tertiary/aromatic N) is 3. The summed E-state index contributed by atoms with van der Waals surface area (Å²) in [4.78, 5) is 16.4. The number of aryl methyl sites for hydroxylation is 2. The van der Waals surface area contributed by atoms with E-state index in [1.165, 1.54) is 22.9 Å². The van der Waals surface area contributed by atoms with Crippen LogP contribution in [0.25, 0.3) is 16.6 Å². The van der Waals surface area contributed by atoms with Gasteiger partial charge < -0.3 is 4.98 Å². The number of fused-ring (bicyclic) bond motifs is 3. The zero-order chi connectivity index (χ0) is 16.8. The Morgan fingerprint density at radius 1 is 1.17 bits per heavy atom. The minimum Gasteiger partial charge on any atom is -0.304 e. The Labute approximate surface area is 150 Å². The van der Waals surface area contributed by atoms with Gasteiger partial charge in [0.05, 0.1) is 10.9 Å². The predicted molar refractivity (Wildman–Crippen MR) is 98.9 cm³/mol. The lowest BCUT2D eigenvalue weighted by Gasteiger charge is -2.05. The van der Waals surface area contributed by atoms with Crippen LogP contribution in [0.5, 0.6) is 0 Å². The van der Waals surface area contributed by atoms with E-state index in [1.807, 2.05) is 12.1 Å². The second kappa shape index (κ2) is 5.75. The van der Waals surface area contributed by atoms with E-state index in [0.29, 0.717) is 16.1 Å². The van der Waals surface area contributed by atoms with Crippen molar-refractivity contribution in [2.24, 2.45) is 0 Å². The first-order chi connectivity index (χ1) is 11.5. The van der Waals surface area contributed by atoms with Gasteiger partial charge in [0.2, 0.25) is 0 Å². The summed E-state index contributed by atoms with van der Waals surface area (Å²) in [5, 5.41) is 9.76. The fraction of sp³-hybridized carbons (Fsp3) is 0.118. The Kier molecular flexibility index (Phi) is 3.69. The van der Waals surface area contributed by atoms with Crippen LogP contribution in [0.2, 0.25) is 0 Å². The van der Waals surface area contributed by atoms with Crippen LogP contribution in [0, 0.1) is 13.8 Å². The second-order valence-corrected chi connectivity index (χ2v) is 7.59. The standard InChI is InChI=1S/C17H13BrN4OS/c1-9-3-6-14(10(2)7-9)24-17-15-19-16(23)12-5-4-11(18)8-13(12)22(15)21-20-17/h3-8H,1-2H3,(H,19,23). The molecular formula is C17H13BrN4OS. The van der Waals surface area contributed by atoms with E-state index in [-0.39, 0.29) is 5.56 Å². The molecule has 0 fully saturated rings. The quantitative estimate of drug-likeness (QED) is 0.549. The Hall–Kier alpha value is -2.12. The van der Waals surface area contributed by atoms with E-state index in [9.17, 15) is 4.79 Å². The van der Waals surface area contributed by atoms with Crippen molar-refractivity contribution in [1.82, 2.24) is 19.8 Å². The molecule has 2 heterocycles. The summed E-state index contributed by atoms with van der Waals surface area (Å²) in [6, 6.07) is 11.7. The summed E-state index contributed by atoms with van der Waals surface area (Å²) < 4.78 is 2.56. The zero-order valence-electron chi connectivity index (χ0n) is 13.0. The molecule has 1 N–H and O–H groups in total. The van der Waals surface area contributed by atoms with Gasteiger partial charge in [0.1, 0.15) is 0 Å². The monoisotopic (exact) mass is 400 g/mol. The number of H-pyrrole nitrogens is 1. The molecule has 0 aliphatic carbocycles. The molecule has 0 amide bonds. The van der Waals surface area contributed by atoms with Crippen molar-refractivity contribution >= 4 is 44.2 Å². The number of rotatable bonds is 2. The normalized spacial score (nSPS) is 11.5. The summed E-state index contributed by atoms with van der Waals surface area (Å²) in [7, 11) is 0. The molecule has 0 bridgehead atoms. The number of halogens is 1. The third-order valence-corrected chi connectivity index (χ3v) is 5.48. The van der Waals surface area contributed by atoms with E-state index in [1.54, 1.807) is 10.6 Å². The van der Waals surface area contributed by atoms with Crippen molar-refractivity contribution in [3.8, 4) is 0 Å². The lowest BCUT2D eigenvalue weighted by Crippen LogP contribution is -2.10. The largest absolute Gasteiger partial charge is 0.304 e. The molecule has 0 aliphatic heterocycles. The van der Waals surface area contributed by atoms with Crippen LogP contribution in [-0.4, -0.2) is 19.8 Å². The highest BCUT2D eigenvalue weighted by Crippen LogP contribution is 2.31. The summed E-state index contributed by atoms with van der Waals surface area (Å²) in [6.45, 7) is 4.13. The maximum atomic E-state index is 12.4. The van der Waals surface area contributed by atoms with Crippen molar-refractivity contribution in [2.75, 3.05) is 0 Å². The molecular weight excluding hydrogens is 388 g/mol. The van der Waals surface area contributed by atoms with Crippen molar-refractivity contribution < 1.29 is 0 Å². The molecule has 0 radical (unpaired) electrons. The number of hydrogen-bond acceptors (Lipinski definition) is 4. The summed E-state index contributed by atoms with van der Waals surface area (Å²) in [5.74, 6) is 0. The minimum atomic E-state index is -0.144. The second-order valence-electron chi connectivity index (χ2n) is 5.64. The first-order valence-corrected chi connectivity index (χ1v) is 8.96. The first-order valence-electron chi connectivity index (χ1n) is 7.35. The Bertz CT molecular complexity index is 1150. The SMILES string of the molecule is Cc1ccc(Sc2nnn3c2[nH]c(=O)c2ccc(Br)cc23)c(C)c1. The van der Waals surface area contributed by atoms with Crippen LogP contribution in [0.3, 0.4) is 0 Å². The molecule has 4 aromatic rings. The average Bonchev–Trinajstić information content (AvgIpc) is 2.93. The molecule has 2 aromatic heterocycles. The lowest BCUT2D eigenvalue weighted by molar-refractivity contribution is 0.856. The number of aromatic amines is 1. The van der Waals surface area contributed by atoms with Crippen LogP contribution < -0.4 is 5.56 Å². The zero-order valence-corrected chi connectivity index (χ0v) is 15.4. The molecule has 5 nitrogen and oxygen atoms in total. The number of nitrogens with one attached hydrogen (secondary N) is 1. The molecule has 0 spiro atoms. The van der Waals surface area contributed by atoms with Gasteiger partial charge in [-0.05, 0) is 43.7 Å². The predicted octanol–water partition coefficient (Wildman–Crippen LogP) is 4.10. The number of hydrogen-bond donors (Lipinski definition) is 1. The lowest BCUT2D eigenvalue weighted by atomic mass is 10.2.